The smallest absolute Gasteiger partial charge is 0.0991 e. The lowest BCUT2D eigenvalue weighted by Gasteiger charge is -2.27. The van der Waals surface area contributed by atoms with Crippen LogP contribution in [0.5, 0.6) is 0 Å². The monoisotopic (exact) mass is 343 g/mol. The molecule has 0 radical (unpaired) electrons. The van der Waals surface area contributed by atoms with Gasteiger partial charge in [-0.2, -0.15) is 5.26 Å². The Kier molecular flexibility index (Phi) is 6.10. The largest absolute Gasteiger partial charge is 0.192 e. The molecule has 0 N–H and O–H groups in total. The molecule has 0 saturated carbocycles. The highest BCUT2D eigenvalue weighted by Crippen LogP contribution is 2.34. The number of rotatable bonds is 3. The molecule has 3 rings (SSSR count). The summed E-state index contributed by atoms with van der Waals surface area (Å²) in [6.45, 7) is 2.33. The molecule has 0 aromatic heterocycles. The average Bonchev–Trinajstić information content (AvgIpc) is 2.68. The van der Waals surface area contributed by atoms with Crippen LogP contribution in [0.25, 0.3) is 0 Å². The van der Waals surface area contributed by atoms with Crippen LogP contribution in [-0.2, 0) is 0 Å². The van der Waals surface area contributed by atoms with Gasteiger partial charge in [-0.05, 0) is 60.7 Å². The molecule has 25 heavy (non-hydrogen) atoms. The zero-order chi connectivity index (χ0) is 17.5. The zero-order valence-electron chi connectivity index (χ0n) is 15.0. The minimum atomic E-state index is -0.393. The van der Waals surface area contributed by atoms with E-state index in [9.17, 15) is 0 Å². The van der Waals surface area contributed by atoms with Crippen molar-refractivity contribution in [2.45, 2.75) is 50.2 Å². The van der Waals surface area contributed by atoms with Crippen LogP contribution in [0.1, 0.15) is 54.4 Å². The lowest BCUT2D eigenvalue weighted by atomic mass is 9.93. The molecular formula is C23H25NSi. The molecule has 0 amide bonds. The van der Waals surface area contributed by atoms with E-state index in [0.29, 0.717) is 5.56 Å². The first kappa shape index (κ1) is 17.5. The molecule has 1 aliphatic rings. The molecule has 0 unspecified atom stereocenters. The Bertz CT molecular complexity index is 779. The van der Waals surface area contributed by atoms with Gasteiger partial charge >= 0.3 is 0 Å². The SMILES string of the molecule is CCC[Si@H]1CC[C@H](c2ccc(C#Cc3ccc(C#N)cc3)cc2)CC1. The van der Waals surface area contributed by atoms with Gasteiger partial charge in [-0.15, -0.1) is 0 Å². The number of hydrogen-bond donors (Lipinski definition) is 0. The molecule has 0 bridgehead atoms. The maximum Gasteiger partial charge on any atom is 0.0991 e. The van der Waals surface area contributed by atoms with Crippen LogP contribution in [0.15, 0.2) is 48.5 Å². The van der Waals surface area contributed by atoms with E-state index >= 15 is 0 Å². The van der Waals surface area contributed by atoms with E-state index in [2.05, 4.69) is 49.1 Å². The average molecular weight is 344 g/mol. The third-order valence-corrected chi connectivity index (χ3v) is 8.98. The molecule has 1 heterocycles. The second-order valence-corrected chi connectivity index (χ2v) is 10.5. The van der Waals surface area contributed by atoms with E-state index in [1.54, 1.807) is 0 Å². The fraction of sp³-hybridized carbons (Fsp3) is 0.348. The van der Waals surface area contributed by atoms with Crippen LogP contribution in [0.3, 0.4) is 0 Å². The molecular weight excluding hydrogens is 318 g/mol. The zero-order valence-corrected chi connectivity index (χ0v) is 16.1. The van der Waals surface area contributed by atoms with Crippen LogP contribution in [-0.4, -0.2) is 8.80 Å². The van der Waals surface area contributed by atoms with E-state index in [-0.39, 0.29) is 0 Å². The molecule has 126 valence electrons. The van der Waals surface area contributed by atoms with Crippen LogP contribution in [0, 0.1) is 23.2 Å². The molecule has 2 aromatic carbocycles. The van der Waals surface area contributed by atoms with E-state index in [0.717, 1.165) is 17.0 Å². The van der Waals surface area contributed by atoms with Gasteiger partial charge in [-0.3, -0.25) is 0 Å². The van der Waals surface area contributed by atoms with Gasteiger partial charge in [-0.25, -0.2) is 0 Å². The normalized spacial score (nSPS) is 19.5. The summed E-state index contributed by atoms with van der Waals surface area (Å²) in [4.78, 5) is 0. The van der Waals surface area contributed by atoms with E-state index in [4.69, 9.17) is 5.26 Å². The molecule has 0 spiro atoms. The van der Waals surface area contributed by atoms with Gasteiger partial charge in [0.2, 0.25) is 0 Å². The predicted octanol–water partition coefficient (Wildman–Crippen LogP) is 5.47. The fourth-order valence-electron chi connectivity index (χ4n) is 3.80. The maximum absolute atomic E-state index is 8.83. The first-order valence-electron chi connectivity index (χ1n) is 9.40. The van der Waals surface area contributed by atoms with Gasteiger partial charge in [0.05, 0.1) is 11.6 Å². The Labute approximate surface area is 153 Å². The second kappa shape index (κ2) is 8.70. The Balaban J connectivity index is 1.61. The van der Waals surface area contributed by atoms with Crippen LogP contribution < -0.4 is 0 Å². The Morgan fingerprint density at radius 2 is 1.40 bits per heavy atom. The molecule has 2 heteroatoms. The van der Waals surface area contributed by atoms with Crippen molar-refractivity contribution in [1.82, 2.24) is 0 Å². The molecule has 0 aliphatic carbocycles. The maximum atomic E-state index is 8.83. The minimum absolute atomic E-state index is 0.393. The van der Waals surface area contributed by atoms with E-state index < -0.39 is 8.80 Å². The van der Waals surface area contributed by atoms with Crippen LogP contribution >= 0.6 is 0 Å². The summed E-state index contributed by atoms with van der Waals surface area (Å²) in [6, 6.07) is 23.0. The number of nitriles is 1. The van der Waals surface area contributed by atoms with Crippen molar-refractivity contribution in [3.05, 3.63) is 70.8 Å². The predicted molar refractivity (Wildman–Crippen MR) is 107 cm³/mol. The summed E-state index contributed by atoms with van der Waals surface area (Å²) in [6.07, 6.45) is 4.18. The van der Waals surface area contributed by atoms with Crippen molar-refractivity contribution in [2.75, 3.05) is 0 Å². The van der Waals surface area contributed by atoms with Gasteiger partial charge in [-0.1, -0.05) is 55.5 Å². The highest BCUT2D eigenvalue weighted by molar-refractivity contribution is 6.59. The van der Waals surface area contributed by atoms with Crippen molar-refractivity contribution in [1.29, 1.82) is 5.26 Å². The third kappa shape index (κ3) is 4.85. The summed E-state index contributed by atoms with van der Waals surface area (Å²) in [5, 5.41) is 8.83. The van der Waals surface area contributed by atoms with Crippen molar-refractivity contribution in [2.24, 2.45) is 0 Å². The van der Waals surface area contributed by atoms with Crippen LogP contribution in [0.4, 0.5) is 0 Å². The van der Waals surface area contributed by atoms with Crippen molar-refractivity contribution < 1.29 is 0 Å². The molecule has 0 atom stereocenters. The van der Waals surface area contributed by atoms with Crippen molar-refractivity contribution in [3.8, 4) is 17.9 Å². The number of benzene rings is 2. The molecule has 1 nitrogen and oxygen atoms in total. The van der Waals surface area contributed by atoms with Crippen molar-refractivity contribution >= 4 is 8.80 Å². The summed E-state index contributed by atoms with van der Waals surface area (Å²) in [7, 11) is -0.393. The lowest BCUT2D eigenvalue weighted by Crippen LogP contribution is -2.19. The van der Waals surface area contributed by atoms with E-state index in [1.165, 1.54) is 43.0 Å². The Morgan fingerprint density at radius 1 is 0.880 bits per heavy atom. The quantitative estimate of drug-likeness (QED) is 0.535. The lowest BCUT2D eigenvalue weighted by molar-refractivity contribution is 0.606. The second-order valence-electron chi connectivity index (χ2n) is 7.07. The fourth-order valence-corrected chi connectivity index (χ4v) is 7.23. The highest BCUT2D eigenvalue weighted by atomic mass is 28.3. The van der Waals surface area contributed by atoms with Crippen molar-refractivity contribution in [3.63, 3.8) is 0 Å². The first-order valence-corrected chi connectivity index (χ1v) is 11.9. The van der Waals surface area contributed by atoms with Gasteiger partial charge in [0, 0.05) is 19.9 Å². The van der Waals surface area contributed by atoms with Crippen LogP contribution in [0.2, 0.25) is 18.1 Å². The Morgan fingerprint density at radius 3 is 1.92 bits per heavy atom. The summed E-state index contributed by atoms with van der Waals surface area (Å²) in [5.41, 5.74) is 4.17. The molecule has 1 aliphatic heterocycles. The minimum Gasteiger partial charge on any atom is -0.192 e. The molecule has 2 aromatic rings. The highest BCUT2D eigenvalue weighted by Gasteiger charge is 2.22. The van der Waals surface area contributed by atoms with Gasteiger partial charge < -0.3 is 0 Å². The summed E-state index contributed by atoms with van der Waals surface area (Å²) in [5.74, 6) is 7.17. The van der Waals surface area contributed by atoms with E-state index in [1.807, 2.05) is 24.3 Å². The first-order chi connectivity index (χ1) is 12.3. The summed E-state index contributed by atoms with van der Waals surface area (Å²) >= 11 is 0. The standard InChI is InChI=1S/C23H25NSi/c1-2-15-25-16-13-23(14-17-25)22-11-9-20(10-12-22)4-3-19-5-7-21(18-24)8-6-19/h5-12,23,25H,2,13-17H2,1H3/t23-,25-. The summed E-state index contributed by atoms with van der Waals surface area (Å²) < 4.78 is 0. The van der Waals surface area contributed by atoms with Gasteiger partial charge in [0.1, 0.15) is 0 Å². The number of hydrogen-bond acceptors (Lipinski definition) is 1. The van der Waals surface area contributed by atoms with Gasteiger partial charge in [0.15, 0.2) is 0 Å². The number of nitrogens with zero attached hydrogens (tertiary/aromatic N) is 1. The third-order valence-electron chi connectivity index (χ3n) is 5.29. The Hall–Kier alpha value is -2.29. The molecule has 1 saturated heterocycles. The van der Waals surface area contributed by atoms with Gasteiger partial charge in [0.25, 0.3) is 0 Å². The molecule has 1 fully saturated rings. The topological polar surface area (TPSA) is 23.8 Å².